The fraction of sp³-hybridized carbons (Fsp3) is 0.167. The quantitative estimate of drug-likeness (QED) is 0.471. The van der Waals surface area contributed by atoms with E-state index in [1.165, 1.54) is 13.1 Å². The number of hydrogen-bond acceptors (Lipinski definition) is 4. The number of nitrogens with one attached hydrogen (secondary N) is 2. The van der Waals surface area contributed by atoms with Gasteiger partial charge in [0, 0.05) is 19.2 Å². The standard InChI is InChI=1S/C24H21F2N5O2/c1-3-31-22-17(13-28-31)16(12-20(29-22)14-7-5-4-6-8-14)23(32)30-21(24(33)27-2)15-9-10-18(25)19(26)11-15/h4-13,21H,3H2,1-2H3,(H,27,33)(H,30,32). The van der Waals surface area contributed by atoms with E-state index in [2.05, 4.69) is 20.7 Å². The van der Waals surface area contributed by atoms with Gasteiger partial charge in [-0.3, -0.25) is 9.59 Å². The van der Waals surface area contributed by atoms with Gasteiger partial charge in [-0.25, -0.2) is 18.4 Å². The molecule has 2 N–H and O–H groups in total. The van der Waals surface area contributed by atoms with Gasteiger partial charge in [-0.2, -0.15) is 5.10 Å². The summed E-state index contributed by atoms with van der Waals surface area (Å²) in [7, 11) is 1.39. The molecular weight excluding hydrogens is 428 g/mol. The lowest BCUT2D eigenvalue weighted by molar-refractivity contribution is -0.122. The van der Waals surface area contributed by atoms with Crippen LogP contribution in [0.5, 0.6) is 0 Å². The number of carbonyl (C=O) groups is 2. The van der Waals surface area contributed by atoms with Gasteiger partial charge in [0.2, 0.25) is 5.91 Å². The van der Waals surface area contributed by atoms with Crippen molar-refractivity contribution in [1.29, 1.82) is 0 Å². The zero-order valence-electron chi connectivity index (χ0n) is 18.0. The van der Waals surface area contributed by atoms with Crippen molar-refractivity contribution in [2.75, 3.05) is 7.05 Å². The van der Waals surface area contributed by atoms with Gasteiger partial charge < -0.3 is 10.6 Å². The van der Waals surface area contributed by atoms with Crippen LogP contribution in [0, 0.1) is 11.6 Å². The average molecular weight is 449 g/mol. The highest BCUT2D eigenvalue weighted by atomic mass is 19.2. The molecule has 2 heterocycles. The van der Waals surface area contributed by atoms with Gasteiger partial charge in [0.25, 0.3) is 5.91 Å². The fourth-order valence-corrected chi connectivity index (χ4v) is 3.57. The lowest BCUT2D eigenvalue weighted by atomic mass is 10.0. The molecule has 9 heteroatoms. The third-order valence-electron chi connectivity index (χ3n) is 5.28. The summed E-state index contributed by atoms with van der Waals surface area (Å²) in [5.74, 6) is -3.31. The Kier molecular flexibility index (Phi) is 6.12. The minimum Gasteiger partial charge on any atom is -0.357 e. The van der Waals surface area contributed by atoms with Gasteiger partial charge in [0.1, 0.15) is 6.04 Å². The Labute approximate surface area is 188 Å². The predicted molar refractivity (Wildman–Crippen MR) is 119 cm³/mol. The second-order valence-corrected chi connectivity index (χ2v) is 7.31. The van der Waals surface area contributed by atoms with Crippen LogP contribution in [0.25, 0.3) is 22.3 Å². The molecule has 4 aromatic rings. The number of aromatic nitrogens is 3. The van der Waals surface area contributed by atoms with Gasteiger partial charge in [0.15, 0.2) is 17.3 Å². The van der Waals surface area contributed by atoms with E-state index in [0.717, 1.165) is 17.7 Å². The maximum absolute atomic E-state index is 13.8. The highest BCUT2D eigenvalue weighted by molar-refractivity contribution is 6.07. The summed E-state index contributed by atoms with van der Waals surface area (Å²) in [4.78, 5) is 30.6. The Morgan fingerprint density at radius 3 is 2.48 bits per heavy atom. The molecule has 0 saturated carbocycles. The summed E-state index contributed by atoms with van der Waals surface area (Å²) in [6, 6.07) is 12.8. The maximum atomic E-state index is 13.8. The number of hydrogen-bond donors (Lipinski definition) is 2. The number of fused-ring (bicyclic) bond motifs is 1. The number of nitrogens with zero attached hydrogens (tertiary/aromatic N) is 3. The smallest absolute Gasteiger partial charge is 0.253 e. The van der Waals surface area contributed by atoms with Gasteiger partial charge >= 0.3 is 0 Å². The topological polar surface area (TPSA) is 88.9 Å². The predicted octanol–water partition coefficient (Wildman–Crippen LogP) is 3.61. The molecular formula is C24H21F2N5O2. The molecule has 0 bridgehead atoms. The Morgan fingerprint density at radius 1 is 1.06 bits per heavy atom. The normalized spacial score (nSPS) is 11.9. The van der Waals surface area contributed by atoms with Crippen LogP contribution in [-0.4, -0.2) is 33.6 Å². The third-order valence-corrected chi connectivity index (χ3v) is 5.28. The maximum Gasteiger partial charge on any atom is 0.253 e. The van der Waals surface area contributed by atoms with Crippen LogP contribution in [0.2, 0.25) is 0 Å². The average Bonchev–Trinajstić information content (AvgIpc) is 3.26. The number of amides is 2. The number of rotatable bonds is 6. The minimum atomic E-state index is -1.23. The first-order chi connectivity index (χ1) is 15.9. The number of likely N-dealkylation sites (N-methyl/N-ethyl adjacent to an activating group) is 1. The van der Waals surface area contributed by atoms with Gasteiger partial charge in [-0.1, -0.05) is 36.4 Å². The molecule has 0 spiro atoms. The molecule has 2 aromatic heterocycles. The summed E-state index contributed by atoms with van der Waals surface area (Å²) in [6.45, 7) is 2.46. The van der Waals surface area contributed by atoms with Crippen LogP contribution in [-0.2, 0) is 11.3 Å². The largest absolute Gasteiger partial charge is 0.357 e. The molecule has 0 aliphatic heterocycles. The summed E-state index contributed by atoms with van der Waals surface area (Å²) >= 11 is 0. The van der Waals surface area contributed by atoms with E-state index in [4.69, 9.17) is 0 Å². The van der Waals surface area contributed by atoms with Crippen molar-refractivity contribution in [3.05, 3.63) is 83.6 Å². The molecule has 0 saturated heterocycles. The summed E-state index contributed by atoms with van der Waals surface area (Å²) in [6.07, 6.45) is 1.54. The molecule has 4 rings (SSSR count). The molecule has 168 valence electrons. The molecule has 0 radical (unpaired) electrons. The van der Waals surface area contributed by atoms with Crippen molar-refractivity contribution >= 4 is 22.8 Å². The highest BCUT2D eigenvalue weighted by Crippen LogP contribution is 2.26. The Morgan fingerprint density at radius 2 is 1.82 bits per heavy atom. The van der Waals surface area contributed by atoms with Crippen molar-refractivity contribution in [2.24, 2.45) is 0 Å². The zero-order valence-corrected chi connectivity index (χ0v) is 18.0. The van der Waals surface area contributed by atoms with E-state index in [9.17, 15) is 18.4 Å². The molecule has 0 aliphatic rings. The molecule has 2 amide bonds. The number of halogens is 2. The van der Waals surface area contributed by atoms with Gasteiger partial charge in [-0.15, -0.1) is 0 Å². The number of pyridine rings is 1. The van der Waals surface area contributed by atoms with Crippen molar-refractivity contribution in [2.45, 2.75) is 19.5 Å². The summed E-state index contributed by atoms with van der Waals surface area (Å²) in [5.41, 5.74) is 2.26. The Balaban J connectivity index is 1.79. The number of aryl methyl sites for hydroxylation is 1. The highest BCUT2D eigenvalue weighted by Gasteiger charge is 2.26. The van der Waals surface area contributed by atoms with Crippen LogP contribution in [0.3, 0.4) is 0 Å². The lowest BCUT2D eigenvalue weighted by Crippen LogP contribution is -2.39. The second kappa shape index (κ2) is 9.15. The van der Waals surface area contributed by atoms with Crippen LogP contribution in [0.1, 0.15) is 28.9 Å². The lowest BCUT2D eigenvalue weighted by Gasteiger charge is -2.18. The van der Waals surface area contributed by atoms with Crippen molar-refractivity contribution in [3.8, 4) is 11.3 Å². The second-order valence-electron chi connectivity index (χ2n) is 7.31. The first-order valence-corrected chi connectivity index (χ1v) is 10.3. The Bertz CT molecular complexity index is 1340. The van der Waals surface area contributed by atoms with Gasteiger partial charge in [-0.05, 0) is 30.7 Å². The fourth-order valence-electron chi connectivity index (χ4n) is 3.57. The minimum absolute atomic E-state index is 0.111. The van der Waals surface area contributed by atoms with E-state index in [0.29, 0.717) is 23.3 Å². The van der Waals surface area contributed by atoms with Crippen LogP contribution < -0.4 is 10.6 Å². The summed E-state index contributed by atoms with van der Waals surface area (Å²) in [5, 5.41) is 9.90. The molecule has 0 fully saturated rings. The van der Waals surface area contributed by atoms with Crippen LogP contribution in [0.15, 0.2) is 60.8 Å². The molecule has 1 unspecified atom stereocenters. The number of benzene rings is 2. The Hall–Kier alpha value is -4.14. The molecule has 33 heavy (non-hydrogen) atoms. The molecule has 0 aliphatic carbocycles. The zero-order chi connectivity index (χ0) is 23.5. The van der Waals surface area contributed by atoms with Crippen LogP contribution >= 0.6 is 0 Å². The van der Waals surface area contributed by atoms with E-state index >= 15 is 0 Å². The van der Waals surface area contributed by atoms with Crippen molar-refractivity contribution in [3.63, 3.8) is 0 Å². The monoisotopic (exact) mass is 449 g/mol. The summed E-state index contributed by atoms with van der Waals surface area (Å²) < 4.78 is 28.9. The van der Waals surface area contributed by atoms with Crippen molar-refractivity contribution in [1.82, 2.24) is 25.4 Å². The van der Waals surface area contributed by atoms with Crippen molar-refractivity contribution < 1.29 is 18.4 Å². The third kappa shape index (κ3) is 4.30. The van der Waals surface area contributed by atoms with E-state index < -0.39 is 29.5 Å². The SMILES string of the molecule is CCn1ncc2c(C(=O)NC(C(=O)NC)c3ccc(F)c(F)c3)cc(-c3ccccc3)nc21. The first-order valence-electron chi connectivity index (χ1n) is 10.3. The van der Waals surface area contributed by atoms with E-state index in [1.807, 2.05) is 37.3 Å². The first kappa shape index (κ1) is 22.1. The molecule has 7 nitrogen and oxygen atoms in total. The number of carbonyl (C=O) groups excluding carboxylic acids is 2. The molecule has 1 atom stereocenters. The van der Waals surface area contributed by atoms with E-state index in [1.54, 1.807) is 16.9 Å². The van der Waals surface area contributed by atoms with Crippen LogP contribution in [0.4, 0.5) is 8.78 Å². The van der Waals surface area contributed by atoms with E-state index in [-0.39, 0.29) is 11.1 Å². The molecule has 2 aromatic carbocycles. The van der Waals surface area contributed by atoms with Gasteiger partial charge in [0.05, 0.1) is 22.8 Å².